The highest BCUT2D eigenvalue weighted by molar-refractivity contribution is 5.93. The van der Waals surface area contributed by atoms with Gasteiger partial charge in [0.25, 0.3) is 0 Å². The summed E-state index contributed by atoms with van der Waals surface area (Å²) in [4.78, 5) is 11.8. The fraction of sp³-hybridized carbons (Fsp3) is 0.591. The predicted octanol–water partition coefficient (Wildman–Crippen LogP) is 5.62. The van der Waals surface area contributed by atoms with Crippen molar-refractivity contribution < 1.29 is 20.1 Å². The number of phenolic OH excluding ortho intramolecular Hbond substituents is 1. The molecular formula is C22H32O4. The standard InChI is InChI=1S/C22H32O4/c1-5-6-7-8-15-12-18(23)20(21(24)19(15)22(25)26)17-11-14(4)9-10-16(17)13(2)3/h12,14,16-17,23-24H,2,5-11H2,1,3-4H3,(H,25,26). The van der Waals surface area contributed by atoms with Crippen molar-refractivity contribution in [3.63, 3.8) is 0 Å². The minimum Gasteiger partial charge on any atom is -0.508 e. The Balaban J connectivity index is 2.52. The average molecular weight is 360 g/mol. The first-order valence-corrected chi connectivity index (χ1v) is 9.74. The molecule has 0 bridgehead atoms. The molecule has 4 heteroatoms. The molecule has 0 heterocycles. The topological polar surface area (TPSA) is 77.8 Å². The third-order valence-corrected chi connectivity index (χ3v) is 5.78. The Morgan fingerprint density at radius 1 is 1.27 bits per heavy atom. The lowest BCUT2D eigenvalue weighted by molar-refractivity contribution is 0.0692. The second-order valence-corrected chi connectivity index (χ2v) is 7.93. The lowest BCUT2D eigenvalue weighted by Crippen LogP contribution is -2.23. The molecule has 0 spiro atoms. The smallest absolute Gasteiger partial charge is 0.339 e. The van der Waals surface area contributed by atoms with Crippen LogP contribution in [0.1, 0.15) is 86.7 Å². The molecule has 4 nitrogen and oxygen atoms in total. The van der Waals surface area contributed by atoms with E-state index in [0.29, 0.717) is 23.5 Å². The van der Waals surface area contributed by atoms with Gasteiger partial charge >= 0.3 is 5.97 Å². The Morgan fingerprint density at radius 2 is 1.96 bits per heavy atom. The van der Waals surface area contributed by atoms with E-state index in [0.717, 1.165) is 44.1 Å². The maximum atomic E-state index is 11.8. The van der Waals surface area contributed by atoms with Crippen molar-refractivity contribution in [2.75, 3.05) is 0 Å². The van der Waals surface area contributed by atoms with Crippen molar-refractivity contribution in [2.24, 2.45) is 11.8 Å². The molecule has 0 aliphatic heterocycles. The monoisotopic (exact) mass is 360 g/mol. The second-order valence-electron chi connectivity index (χ2n) is 7.93. The highest BCUT2D eigenvalue weighted by Crippen LogP contribution is 2.50. The van der Waals surface area contributed by atoms with Gasteiger partial charge in [-0.05, 0) is 62.0 Å². The van der Waals surface area contributed by atoms with Gasteiger partial charge in [-0.2, -0.15) is 0 Å². The number of carboxylic acids is 1. The van der Waals surface area contributed by atoms with E-state index in [4.69, 9.17) is 0 Å². The van der Waals surface area contributed by atoms with Crippen LogP contribution in [0.3, 0.4) is 0 Å². The van der Waals surface area contributed by atoms with Gasteiger partial charge in [-0.15, -0.1) is 0 Å². The SMILES string of the molecule is C=C(C)C1CCC(C)CC1c1c(O)cc(CCCCC)c(C(=O)O)c1O. The minimum absolute atomic E-state index is 0.0179. The van der Waals surface area contributed by atoms with Gasteiger partial charge < -0.3 is 15.3 Å². The maximum absolute atomic E-state index is 11.8. The number of carboxylic acid groups (broad SMARTS) is 1. The Kier molecular flexibility index (Phi) is 6.74. The largest absolute Gasteiger partial charge is 0.508 e. The maximum Gasteiger partial charge on any atom is 0.339 e. The first kappa shape index (κ1) is 20.3. The van der Waals surface area contributed by atoms with Gasteiger partial charge in [0.2, 0.25) is 0 Å². The molecule has 144 valence electrons. The molecule has 1 aliphatic rings. The third-order valence-electron chi connectivity index (χ3n) is 5.78. The Labute approximate surface area is 156 Å². The molecule has 1 fully saturated rings. The van der Waals surface area contributed by atoms with Crippen molar-refractivity contribution in [1.82, 2.24) is 0 Å². The number of phenols is 2. The molecule has 0 amide bonds. The highest BCUT2D eigenvalue weighted by Gasteiger charge is 2.35. The molecule has 0 radical (unpaired) electrons. The minimum atomic E-state index is -1.13. The number of aryl methyl sites for hydroxylation is 1. The third kappa shape index (κ3) is 4.22. The van der Waals surface area contributed by atoms with Crippen molar-refractivity contribution >= 4 is 5.97 Å². The van der Waals surface area contributed by atoms with E-state index in [9.17, 15) is 20.1 Å². The van der Waals surface area contributed by atoms with Crippen LogP contribution in [0.2, 0.25) is 0 Å². The summed E-state index contributed by atoms with van der Waals surface area (Å²) in [7, 11) is 0. The normalized spacial score (nSPS) is 23.0. The van der Waals surface area contributed by atoms with Crippen molar-refractivity contribution in [3.05, 3.63) is 34.9 Å². The summed E-state index contributed by atoms with van der Waals surface area (Å²) in [5.41, 5.74) is 1.87. The number of benzene rings is 1. The number of aromatic hydroxyl groups is 2. The molecular weight excluding hydrogens is 328 g/mol. The summed E-state index contributed by atoms with van der Waals surface area (Å²) >= 11 is 0. The molecule has 26 heavy (non-hydrogen) atoms. The van der Waals surface area contributed by atoms with E-state index in [1.54, 1.807) is 6.07 Å². The summed E-state index contributed by atoms with van der Waals surface area (Å²) in [6, 6.07) is 1.56. The fourth-order valence-corrected chi connectivity index (χ4v) is 4.38. The zero-order chi connectivity index (χ0) is 19.4. The average Bonchev–Trinajstić information content (AvgIpc) is 2.54. The van der Waals surface area contributed by atoms with Gasteiger partial charge in [0, 0.05) is 5.56 Å². The Morgan fingerprint density at radius 3 is 2.54 bits per heavy atom. The van der Waals surface area contributed by atoms with E-state index < -0.39 is 5.97 Å². The molecule has 3 atom stereocenters. The van der Waals surface area contributed by atoms with E-state index in [2.05, 4.69) is 20.4 Å². The second kappa shape index (κ2) is 8.61. The van der Waals surface area contributed by atoms with Crippen LogP contribution in [0.25, 0.3) is 0 Å². The molecule has 2 rings (SSSR count). The van der Waals surface area contributed by atoms with Gasteiger partial charge in [0.1, 0.15) is 17.1 Å². The van der Waals surface area contributed by atoms with E-state index in [1.165, 1.54) is 0 Å². The molecule has 3 unspecified atom stereocenters. The molecule has 0 saturated heterocycles. The van der Waals surface area contributed by atoms with Gasteiger partial charge in [-0.1, -0.05) is 45.3 Å². The van der Waals surface area contributed by atoms with E-state index in [1.807, 2.05) is 6.92 Å². The summed E-state index contributed by atoms with van der Waals surface area (Å²) in [6.07, 6.45) is 6.23. The van der Waals surface area contributed by atoms with Crippen LogP contribution >= 0.6 is 0 Å². The van der Waals surface area contributed by atoms with Crippen molar-refractivity contribution in [2.45, 2.75) is 71.6 Å². The van der Waals surface area contributed by atoms with Crippen LogP contribution in [-0.4, -0.2) is 21.3 Å². The number of aromatic carboxylic acids is 1. The molecule has 1 aliphatic carbocycles. The zero-order valence-electron chi connectivity index (χ0n) is 16.2. The fourth-order valence-electron chi connectivity index (χ4n) is 4.38. The quantitative estimate of drug-likeness (QED) is 0.435. The summed E-state index contributed by atoms with van der Waals surface area (Å²) in [5.74, 6) is -0.855. The van der Waals surface area contributed by atoms with Gasteiger partial charge in [0.05, 0.1) is 0 Å². The summed E-state index contributed by atoms with van der Waals surface area (Å²) in [6.45, 7) is 10.3. The predicted molar refractivity (Wildman–Crippen MR) is 104 cm³/mol. The number of hydrogen-bond donors (Lipinski definition) is 3. The molecule has 0 aromatic heterocycles. The van der Waals surface area contributed by atoms with Crippen molar-refractivity contribution in [3.8, 4) is 11.5 Å². The Hall–Kier alpha value is -1.97. The Bertz CT molecular complexity index is 677. The lowest BCUT2D eigenvalue weighted by atomic mass is 9.68. The van der Waals surface area contributed by atoms with E-state index in [-0.39, 0.29) is 28.9 Å². The summed E-state index contributed by atoms with van der Waals surface area (Å²) in [5, 5.41) is 31.2. The zero-order valence-corrected chi connectivity index (χ0v) is 16.2. The van der Waals surface area contributed by atoms with Crippen LogP contribution in [0.15, 0.2) is 18.2 Å². The van der Waals surface area contributed by atoms with Crippen LogP contribution in [0, 0.1) is 11.8 Å². The number of allylic oxidation sites excluding steroid dienone is 1. The number of rotatable bonds is 7. The number of unbranched alkanes of at least 4 members (excludes halogenated alkanes) is 2. The van der Waals surface area contributed by atoms with Gasteiger partial charge in [-0.25, -0.2) is 4.79 Å². The van der Waals surface area contributed by atoms with Crippen LogP contribution in [0.4, 0.5) is 0 Å². The molecule has 1 saturated carbocycles. The first-order chi connectivity index (χ1) is 12.3. The van der Waals surface area contributed by atoms with Crippen LogP contribution < -0.4 is 0 Å². The van der Waals surface area contributed by atoms with Crippen LogP contribution in [0.5, 0.6) is 11.5 Å². The molecule has 1 aromatic rings. The number of hydrogen-bond acceptors (Lipinski definition) is 3. The van der Waals surface area contributed by atoms with Gasteiger partial charge in [0.15, 0.2) is 0 Å². The van der Waals surface area contributed by atoms with E-state index >= 15 is 0 Å². The van der Waals surface area contributed by atoms with Crippen molar-refractivity contribution in [1.29, 1.82) is 0 Å². The molecule has 1 aromatic carbocycles. The highest BCUT2D eigenvalue weighted by atomic mass is 16.4. The van der Waals surface area contributed by atoms with Gasteiger partial charge in [-0.3, -0.25) is 0 Å². The van der Waals surface area contributed by atoms with Crippen LogP contribution in [-0.2, 0) is 6.42 Å². The molecule has 3 N–H and O–H groups in total. The first-order valence-electron chi connectivity index (χ1n) is 9.74. The lowest BCUT2D eigenvalue weighted by Gasteiger charge is -2.36. The number of carbonyl (C=O) groups is 1. The summed E-state index contributed by atoms with van der Waals surface area (Å²) < 4.78 is 0.